The molecule has 0 unspecified atom stereocenters. The van der Waals surface area contributed by atoms with Crippen LogP contribution in [0.4, 0.5) is 0 Å². The molecule has 0 saturated carbocycles. The minimum Gasteiger partial charge on any atom is -0.441 e. The smallest absolute Gasteiger partial charge is 0.220 e. The van der Waals surface area contributed by atoms with Crippen molar-refractivity contribution in [3.05, 3.63) is 40.3 Å². The highest BCUT2D eigenvalue weighted by atomic mass is 35.5. The molecule has 0 spiro atoms. The Morgan fingerprint density at radius 2 is 2.19 bits per heavy atom. The highest BCUT2D eigenvalue weighted by Gasteiger charge is 2.11. The van der Waals surface area contributed by atoms with E-state index in [2.05, 4.69) is 10.3 Å². The van der Waals surface area contributed by atoms with Crippen LogP contribution in [0.3, 0.4) is 0 Å². The molecule has 0 atom stereocenters. The number of benzene rings is 1. The number of aromatic nitrogens is 1. The number of hydrogen-bond donors (Lipinski definition) is 2. The molecular formula is C14H15Cl2N3O2. The van der Waals surface area contributed by atoms with E-state index in [4.69, 9.17) is 33.4 Å². The van der Waals surface area contributed by atoms with Gasteiger partial charge in [0.2, 0.25) is 5.91 Å². The molecule has 5 nitrogen and oxygen atoms in total. The molecule has 0 fully saturated rings. The zero-order valence-corrected chi connectivity index (χ0v) is 12.7. The minimum absolute atomic E-state index is 0.0790. The molecule has 21 heavy (non-hydrogen) atoms. The summed E-state index contributed by atoms with van der Waals surface area (Å²) in [6, 6.07) is 5.13. The fourth-order valence-electron chi connectivity index (χ4n) is 1.76. The average molecular weight is 328 g/mol. The van der Waals surface area contributed by atoms with E-state index in [0.717, 1.165) is 0 Å². The zero-order chi connectivity index (χ0) is 15.2. The third kappa shape index (κ3) is 4.46. The second kappa shape index (κ2) is 7.45. The SMILES string of the molecule is NCCNC(=O)CCc1ncc(-c2ccc(Cl)cc2Cl)o1. The maximum absolute atomic E-state index is 11.5. The maximum Gasteiger partial charge on any atom is 0.220 e. The van der Waals surface area contributed by atoms with Crippen molar-refractivity contribution in [3.8, 4) is 11.3 Å². The largest absolute Gasteiger partial charge is 0.441 e. The molecule has 2 aromatic rings. The number of aryl methyl sites for hydroxylation is 1. The topological polar surface area (TPSA) is 81.1 Å². The van der Waals surface area contributed by atoms with Gasteiger partial charge in [-0.2, -0.15) is 0 Å². The molecule has 2 rings (SSSR count). The van der Waals surface area contributed by atoms with E-state index >= 15 is 0 Å². The maximum atomic E-state index is 11.5. The van der Waals surface area contributed by atoms with Crippen molar-refractivity contribution in [2.45, 2.75) is 12.8 Å². The number of nitrogens with two attached hydrogens (primary N) is 1. The highest BCUT2D eigenvalue weighted by molar-refractivity contribution is 6.36. The van der Waals surface area contributed by atoms with E-state index in [1.165, 1.54) is 0 Å². The molecule has 0 saturated heterocycles. The van der Waals surface area contributed by atoms with Crippen molar-refractivity contribution in [1.29, 1.82) is 0 Å². The van der Waals surface area contributed by atoms with E-state index in [-0.39, 0.29) is 5.91 Å². The number of rotatable bonds is 6. The second-order valence-electron chi connectivity index (χ2n) is 4.38. The Morgan fingerprint density at radius 3 is 2.90 bits per heavy atom. The number of carbonyl (C=O) groups excluding carboxylic acids is 1. The molecule has 0 aliphatic rings. The van der Waals surface area contributed by atoms with Gasteiger partial charge < -0.3 is 15.5 Å². The predicted molar refractivity (Wildman–Crippen MR) is 82.3 cm³/mol. The molecule has 112 valence electrons. The summed E-state index contributed by atoms with van der Waals surface area (Å²) in [6.07, 6.45) is 2.30. The van der Waals surface area contributed by atoms with Gasteiger partial charge in [0.05, 0.1) is 11.2 Å². The minimum atomic E-state index is -0.0790. The lowest BCUT2D eigenvalue weighted by Crippen LogP contribution is -2.29. The van der Waals surface area contributed by atoms with E-state index in [1.54, 1.807) is 24.4 Å². The summed E-state index contributed by atoms with van der Waals surface area (Å²) in [5.74, 6) is 0.956. The molecular weight excluding hydrogens is 313 g/mol. The van der Waals surface area contributed by atoms with Gasteiger partial charge >= 0.3 is 0 Å². The molecule has 1 aromatic heterocycles. The van der Waals surface area contributed by atoms with Crippen LogP contribution in [0.1, 0.15) is 12.3 Å². The third-order valence-corrected chi connectivity index (χ3v) is 3.33. The quantitative estimate of drug-likeness (QED) is 0.854. The van der Waals surface area contributed by atoms with Crippen LogP contribution in [0.25, 0.3) is 11.3 Å². The van der Waals surface area contributed by atoms with Gasteiger partial charge in [-0.3, -0.25) is 4.79 Å². The summed E-state index contributed by atoms with van der Waals surface area (Å²) in [6.45, 7) is 0.889. The first-order valence-corrected chi connectivity index (χ1v) is 7.22. The van der Waals surface area contributed by atoms with E-state index in [1.807, 2.05) is 0 Å². The number of halogens is 2. The zero-order valence-electron chi connectivity index (χ0n) is 11.2. The summed E-state index contributed by atoms with van der Waals surface area (Å²) in [7, 11) is 0. The highest BCUT2D eigenvalue weighted by Crippen LogP contribution is 2.30. The Morgan fingerprint density at radius 1 is 1.38 bits per heavy atom. The monoisotopic (exact) mass is 327 g/mol. The summed E-state index contributed by atoms with van der Waals surface area (Å²) in [4.78, 5) is 15.6. The molecule has 1 heterocycles. The lowest BCUT2D eigenvalue weighted by atomic mass is 10.2. The van der Waals surface area contributed by atoms with E-state index in [9.17, 15) is 4.79 Å². The normalized spacial score (nSPS) is 10.6. The van der Waals surface area contributed by atoms with Crippen LogP contribution in [0.2, 0.25) is 10.0 Å². The fourth-order valence-corrected chi connectivity index (χ4v) is 2.26. The van der Waals surface area contributed by atoms with Crippen LogP contribution in [0.15, 0.2) is 28.8 Å². The number of amides is 1. The Labute approximate surface area is 132 Å². The van der Waals surface area contributed by atoms with Gasteiger partial charge in [-0.25, -0.2) is 4.98 Å². The number of carbonyl (C=O) groups is 1. The standard InChI is InChI=1S/C14H15Cl2N3O2/c15-9-1-2-10(11(16)7-9)12-8-19-14(21-12)4-3-13(20)18-6-5-17/h1-2,7-8H,3-6,17H2,(H,18,20). The number of nitrogens with zero attached hydrogens (tertiary/aromatic N) is 1. The first kappa shape index (κ1) is 15.8. The molecule has 0 radical (unpaired) electrons. The van der Waals surface area contributed by atoms with E-state index in [0.29, 0.717) is 53.2 Å². The second-order valence-corrected chi connectivity index (χ2v) is 5.22. The lowest BCUT2D eigenvalue weighted by molar-refractivity contribution is -0.121. The average Bonchev–Trinajstić information content (AvgIpc) is 2.91. The molecule has 7 heteroatoms. The van der Waals surface area contributed by atoms with Crippen molar-refractivity contribution >= 4 is 29.1 Å². The molecule has 0 aliphatic heterocycles. The first-order chi connectivity index (χ1) is 10.1. The van der Waals surface area contributed by atoms with Crippen LogP contribution >= 0.6 is 23.2 Å². The molecule has 0 bridgehead atoms. The number of hydrogen-bond acceptors (Lipinski definition) is 4. The fraction of sp³-hybridized carbons (Fsp3) is 0.286. The van der Waals surface area contributed by atoms with Gasteiger partial charge in [-0.05, 0) is 18.2 Å². The lowest BCUT2D eigenvalue weighted by Gasteiger charge is -2.02. The van der Waals surface area contributed by atoms with Crippen LogP contribution in [-0.2, 0) is 11.2 Å². The molecule has 0 aliphatic carbocycles. The van der Waals surface area contributed by atoms with Gasteiger partial charge in [0.1, 0.15) is 0 Å². The van der Waals surface area contributed by atoms with Crippen LogP contribution in [0, 0.1) is 0 Å². The summed E-state index contributed by atoms with van der Waals surface area (Å²) >= 11 is 12.0. The van der Waals surface area contributed by atoms with Crippen molar-refractivity contribution in [2.75, 3.05) is 13.1 Å². The van der Waals surface area contributed by atoms with Crippen molar-refractivity contribution in [2.24, 2.45) is 5.73 Å². The Balaban J connectivity index is 1.99. The van der Waals surface area contributed by atoms with Gasteiger partial charge in [0.25, 0.3) is 0 Å². The van der Waals surface area contributed by atoms with Crippen molar-refractivity contribution in [3.63, 3.8) is 0 Å². The van der Waals surface area contributed by atoms with Gasteiger partial charge in [-0.1, -0.05) is 23.2 Å². The van der Waals surface area contributed by atoms with Gasteiger partial charge in [0, 0.05) is 36.5 Å². The molecule has 3 N–H and O–H groups in total. The molecule has 1 amide bonds. The summed E-state index contributed by atoms with van der Waals surface area (Å²) < 4.78 is 5.60. The van der Waals surface area contributed by atoms with E-state index < -0.39 is 0 Å². The summed E-state index contributed by atoms with van der Waals surface area (Å²) in [5.41, 5.74) is 6.02. The number of oxazole rings is 1. The predicted octanol–water partition coefficient (Wildman–Crippen LogP) is 2.66. The molecule has 1 aromatic carbocycles. The van der Waals surface area contributed by atoms with Gasteiger partial charge in [0.15, 0.2) is 11.7 Å². The Bertz CT molecular complexity index is 628. The Hall–Kier alpha value is -1.56. The third-order valence-electron chi connectivity index (χ3n) is 2.78. The first-order valence-electron chi connectivity index (χ1n) is 6.47. The van der Waals surface area contributed by atoms with Crippen molar-refractivity contribution in [1.82, 2.24) is 10.3 Å². The number of nitrogens with one attached hydrogen (secondary N) is 1. The summed E-state index contributed by atoms with van der Waals surface area (Å²) in [5, 5.41) is 3.73. The van der Waals surface area contributed by atoms with Crippen molar-refractivity contribution < 1.29 is 9.21 Å². The van der Waals surface area contributed by atoms with Crippen LogP contribution in [0.5, 0.6) is 0 Å². The van der Waals surface area contributed by atoms with Crippen LogP contribution < -0.4 is 11.1 Å². The Kier molecular flexibility index (Phi) is 5.61. The van der Waals surface area contributed by atoms with Crippen LogP contribution in [-0.4, -0.2) is 24.0 Å². The van der Waals surface area contributed by atoms with Gasteiger partial charge in [-0.15, -0.1) is 0 Å².